The lowest BCUT2D eigenvalue weighted by Gasteiger charge is -2.22. The molecule has 0 aliphatic heterocycles. The molecule has 3 nitrogen and oxygen atoms in total. The Kier molecular flexibility index (Phi) is 7.39. The average Bonchev–Trinajstić information content (AvgIpc) is 2.18. The van der Waals surface area contributed by atoms with E-state index in [4.69, 9.17) is 0 Å². The minimum Gasteiger partial charge on any atom is -0.355 e. The van der Waals surface area contributed by atoms with Crippen LogP contribution in [0, 0.1) is 5.41 Å². The van der Waals surface area contributed by atoms with Crippen LogP contribution in [0.25, 0.3) is 0 Å². The number of unbranched alkanes of at least 4 members (excludes halogenated alkanes) is 1. The van der Waals surface area contributed by atoms with Crippen molar-refractivity contribution in [2.45, 2.75) is 47.0 Å². The van der Waals surface area contributed by atoms with Crippen LogP contribution < -0.4 is 10.6 Å². The number of rotatable bonds is 8. The largest absolute Gasteiger partial charge is 0.355 e. The molecule has 0 spiro atoms. The molecule has 15 heavy (non-hydrogen) atoms. The highest BCUT2D eigenvalue weighted by Gasteiger charge is 2.14. The zero-order chi connectivity index (χ0) is 11.7. The van der Waals surface area contributed by atoms with Crippen molar-refractivity contribution in [3.63, 3.8) is 0 Å². The topological polar surface area (TPSA) is 41.1 Å². The van der Waals surface area contributed by atoms with Gasteiger partial charge in [0.15, 0.2) is 0 Å². The first-order chi connectivity index (χ1) is 7.02. The second kappa shape index (κ2) is 7.69. The summed E-state index contributed by atoms with van der Waals surface area (Å²) in [6, 6.07) is 0. The minimum absolute atomic E-state index is 0.107. The molecule has 0 atom stereocenters. The van der Waals surface area contributed by atoms with Crippen molar-refractivity contribution >= 4 is 5.91 Å². The Balaban J connectivity index is 3.46. The van der Waals surface area contributed by atoms with Gasteiger partial charge in [0.1, 0.15) is 0 Å². The number of hydrogen-bond acceptors (Lipinski definition) is 2. The van der Waals surface area contributed by atoms with Crippen molar-refractivity contribution in [2.24, 2.45) is 5.41 Å². The van der Waals surface area contributed by atoms with E-state index in [2.05, 4.69) is 38.3 Å². The molecule has 0 bridgehead atoms. The van der Waals surface area contributed by atoms with E-state index in [1.54, 1.807) is 0 Å². The van der Waals surface area contributed by atoms with Gasteiger partial charge in [-0.15, -0.1) is 0 Å². The Bertz CT molecular complexity index is 178. The van der Waals surface area contributed by atoms with Crippen molar-refractivity contribution in [3.05, 3.63) is 0 Å². The third kappa shape index (κ3) is 8.43. The van der Waals surface area contributed by atoms with Crippen LogP contribution in [0.1, 0.15) is 47.0 Å². The van der Waals surface area contributed by atoms with Crippen LogP contribution >= 0.6 is 0 Å². The quantitative estimate of drug-likeness (QED) is 0.606. The summed E-state index contributed by atoms with van der Waals surface area (Å²) in [4.78, 5) is 11.3. The van der Waals surface area contributed by atoms with E-state index < -0.39 is 0 Å². The van der Waals surface area contributed by atoms with Crippen molar-refractivity contribution in [3.8, 4) is 0 Å². The number of amides is 1. The molecule has 0 aliphatic carbocycles. The van der Waals surface area contributed by atoms with Crippen LogP contribution in [0.2, 0.25) is 0 Å². The Hall–Kier alpha value is -0.570. The minimum atomic E-state index is 0.107. The Morgan fingerprint density at radius 3 is 2.47 bits per heavy atom. The van der Waals surface area contributed by atoms with Gasteiger partial charge >= 0.3 is 0 Å². The molecule has 0 saturated carbocycles. The van der Waals surface area contributed by atoms with Crippen molar-refractivity contribution in [1.29, 1.82) is 0 Å². The molecular weight excluding hydrogens is 188 g/mol. The molecule has 0 aliphatic rings. The molecule has 0 aromatic heterocycles. The van der Waals surface area contributed by atoms with Crippen LogP contribution in [0.4, 0.5) is 0 Å². The maximum absolute atomic E-state index is 11.3. The molecule has 0 aromatic rings. The maximum atomic E-state index is 11.3. The van der Waals surface area contributed by atoms with E-state index in [1.165, 1.54) is 0 Å². The summed E-state index contributed by atoms with van der Waals surface area (Å²) in [7, 11) is 0. The zero-order valence-electron chi connectivity index (χ0n) is 10.7. The van der Waals surface area contributed by atoms with Crippen LogP contribution in [0.3, 0.4) is 0 Å². The molecule has 90 valence electrons. The van der Waals surface area contributed by atoms with Gasteiger partial charge in [-0.3, -0.25) is 4.79 Å². The maximum Gasteiger partial charge on any atom is 0.233 e. The van der Waals surface area contributed by atoms with Crippen LogP contribution in [0.5, 0.6) is 0 Å². The van der Waals surface area contributed by atoms with Crippen molar-refractivity contribution < 1.29 is 4.79 Å². The summed E-state index contributed by atoms with van der Waals surface area (Å²) in [5.41, 5.74) is 0.281. The smallest absolute Gasteiger partial charge is 0.233 e. The van der Waals surface area contributed by atoms with Crippen LogP contribution in [-0.2, 0) is 4.79 Å². The van der Waals surface area contributed by atoms with Crippen LogP contribution in [0.15, 0.2) is 0 Å². The monoisotopic (exact) mass is 214 g/mol. The lowest BCUT2D eigenvalue weighted by molar-refractivity contribution is -0.120. The van der Waals surface area contributed by atoms with Gasteiger partial charge in [-0.25, -0.2) is 0 Å². The summed E-state index contributed by atoms with van der Waals surface area (Å²) >= 11 is 0. The lowest BCUT2D eigenvalue weighted by Crippen LogP contribution is -2.38. The fraction of sp³-hybridized carbons (Fsp3) is 0.917. The predicted octanol–water partition coefficient (Wildman–Crippen LogP) is 1.93. The summed E-state index contributed by atoms with van der Waals surface area (Å²) in [5.74, 6) is 0.107. The molecule has 0 aromatic carbocycles. The zero-order valence-corrected chi connectivity index (χ0v) is 10.7. The van der Waals surface area contributed by atoms with Gasteiger partial charge in [0.2, 0.25) is 5.91 Å². The summed E-state index contributed by atoms with van der Waals surface area (Å²) in [6.07, 6.45) is 3.31. The van der Waals surface area contributed by atoms with Gasteiger partial charge in [0, 0.05) is 13.1 Å². The van der Waals surface area contributed by atoms with E-state index in [-0.39, 0.29) is 11.3 Å². The van der Waals surface area contributed by atoms with E-state index in [1.807, 2.05) is 0 Å². The summed E-state index contributed by atoms with van der Waals surface area (Å²) in [5, 5.41) is 6.08. The van der Waals surface area contributed by atoms with Gasteiger partial charge in [-0.05, 0) is 18.3 Å². The predicted molar refractivity (Wildman–Crippen MR) is 64.9 cm³/mol. The average molecular weight is 214 g/mol. The fourth-order valence-electron chi connectivity index (χ4n) is 1.11. The van der Waals surface area contributed by atoms with Crippen LogP contribution in [-0.4, -0.2) is 25.5 Å². The van der Waals surface area contributed by atoms with Gasteiger partial charge in [0.05, 0.1) is 6.54 Å². The highest BCUT2D eigenvalue weighted by Crippen LogP contribution is 2.17. The number of nitrogens with one attached hydrogen (secondary N) is 2. The SMILES string of the molecule is CCCCNC(=O)CNCC(C)(C)CC. The Morgan fingerprint density at radius 2 is 1.93 bits per heavy atom. The lowest BCUT2D eigenvalue weighted by atomic mass is 9.90. The van der Waals surface area contributed by atoms with Gasteiger partial charge in [-0.1, -0.05) is 34.1 Å². The molecular formula is C12H26N2O. The first-order valence-electron chi connectivity index (χ1n) is 5.99. The highest BCUT2D eigenvalue weighted by atomic mass is 16.1. The van der Waals surface area contributed by atoms with E-state index in [9.17, 15) is 4.79 Å². The molecule has 0 fully saturated rings. The Morgan fingerprint density at radius 1 is 1.27 bits per heavy atom. The second-order valence-corrected chi connectivity index (χ2v) is 4.82. The number of carbonyl (C=O) groups is 1. The molecule has 1 amide bonds. The van der Waals surface area contributed by atoms with Gasteiger partial charge in [0.25, 0.3) is 0 Å². The highest BCUT2D eigenvalue weighted by molar-refractivity contribution is 5.77. The molecule has 0 unspecified atom stereocenters. The van der Waals surface area contributed by atoms with Crippen molar-refractivity contribution in [1.82, 2.24) is 10.6 Å². The van der Waals surface area contributed by atoms with Crippen molar-refractivity contribution in [2.75, 3.05) is 19.6 Å². The number of carbonyl (C=O) groups excluding carboxylic acids is 1. The third-order valence-electron chi connectivity index (χ3n) is 2.70. The fourth-order valence-corrected chi connectivity index (χ4v) is 1.11. The summed E-state index contributed by atoms with van der Waals surface area (Å²) in [6.45, 7) is 10.8. The third-order valence-corrected chi connectivity index (χ3v) is 2.70. The standard InChI is InChI=1S/C12H26N2O/c1-5-7-8-14-11(15)9-13-10-12(3,4)6-2/h13H,5-10H2,1-4H3,(H,14,15). The molecule has 0 saturated heterocycles. The van der Waals surface area contributed by atoms with Gasteiger partial charge < -0.3 is 10.6 Å². The van der Waals surface area contributed by atoms with E-state index >= 15 is 0 Å². The van der Waals surface area contributed by atoms with E-state index in [0.717, 1.165) is 32.4 Å². The summed E-state index contributed by atoms with van der Waals surface area (Å²) < 4.78 is 0. The molecule has 0 rings (SSSR count). The molecule has 2 N–H and O–H groups in total. The molecule has 3 heteroatoms. The number of hydrogen-bond donors (Lipinski definition) is 2. The molecule has 0 heterocycles. The molecule has 0 radical (unpaired) electrons. The second-order valence-electron chi connectivity index (χ2n) is 4.82. The first-order valence-corrected chi connectivity index (χ1v) is 5.99. The normalized spacial score (nSPS) is 11.5. The first kappa shape index (κ1) is 14.4. The Labute approximate surface area is 94.0 Å². The van der Waals surface area contributed by atoms with Gasteiger partial charge in [-0.2, -0.15) is 0 Å². The van der Waals surface area contributed by atoms with E-state index in [0.29, 0.717) is 6.54 Å².